The number of alkyl halides is 3. The van der Waals surface area contributed by atoms with Gasteiger partial charge in [0.1, 0.15) is 5.01 Å². The van der Waals surface area contributed by atoms with Crippen molar-refractivity contribution < 1.29 is 18.0 Å². The van der Waals surface area contributed by atoms with Gasteiger partial charge in [-0.1, -0.05) is 12.1 Å². The summed E-state index contributed by atoms with van der Waals surface area (Å²) >= 11 is 1.62. The van der Waals surface area contributed by atoms with E-state index in [4.69, 9.17) is 0 Å². The Morgan fingerprint density at radius 1 is 1.15 bits per heavy atom. The number of benzene rings is 1. The van der Waals surface area contributed by atoms with Gasteiger partial charge >= 0.3 is 6.18 Å². The van der Waals surface area contributed by atoms with E-state index in [1.54, 1.807) is 17.5 Å². The van der Waals surface area contributed by atoms with E-state index in [0.29, 0.717) is 6.54 Å². The minimum atomic E-state index is -4.50. The summed E-state index contributed by atoms with van der Waals surface area (Å²) in [4.78, 5) is 20.8. The maximum Gasteiger partial charge on any atom is 0.418 e. The second-order valence-electron chi connectivity index (χ2n) is 6.42. The number of halogens is 3. The highest BCUT2D eigenvalue weighted by Gasteiger charge is 2.33. The fourth-order valence-corrected chi connectivity index (χ4v) is 3.75. The molecule has 2 heterocycles. The predicted molar refractivity (Wildman–Crippen MR) is 98.5 cm³/mol. The van der Waals surface area contributed by atoms with Gasteiger partial charge in [0.15, 0.2) is 0 Å². The third-order valence-electron chi connectivity index (χ3n) is 4.40. The van der Waals surface area contributed by atoms with Gasteiger partial charge in [-0.05, 0) is 31.6 Å². The van der Waals surface area contributed by atoms with Crippen molar-refractivity contribution in [3.63, 3.8) is 0 Å². The number of anilines is 1. The van der Waals surface area contributed by atoms with E-state index in [9.17, 15) is 18.0 Å². The molecule has 1 aliphatic heterocycles. The zero-order chi connectivity index (χ0) is 19.3. The lowest BCUT2D eigenvalue weighted by Crippen LogP contribution is -2.36. The van der Waals surface area contributed by atoms with Gasteiger partial charge in [0.25, 0.3) is 0 Å². The fourth-order valence-electron chi connectivity index (χ4n) is 3.10. The number of para-hydroxylation sites is 1. The standard InChI is InChI=1S/C18H21F3N4OS/c19-18(20,21)14-4-1-2-5-15(14)23-16(26)12-24-7-3-8-25(10-9-24)13-17-22-6-11-27-17/h1-2,4-6,11H,3,7-10,12-13H2,(H,23,26). The summed E-state index contributed by atoms with van der Waals surface area (Å²) in [6.45, 7) is 4.01. The number of hydrogen-bond acceptors (Lipinski definition) is 5. The first-order valence-corrected chi connectivity index (χ1v) is 9.59. The van der Waals surface area contributed by atoms with Crippen LogP contribution in [0, 0.1) is 0 Å². The van der Waals surface area contributed by atoms with Gasteiger partial charge in [-0.2, -0.15) is 13.2 Å². The Hall–Kier alpha value is -1.97. The molecule has 0 unspecified atom stereocenters. The topological polar surface area (TPSA) is 48.5 Å². The third-order valence-corrected chi connectivity index (χ3v) is 5.16. The van der Waals surface area contributed by atoms with Crippen LogP contribution in [0.4, 0.5) is 18.9 Å². The number of carbonyl (C=O) groups excluding carboxylic acids is 1. The molecule has 0 spiro atoms. The SMILES string of the molecule is O=C(CN1CCCN(Cc2nccs2)CC1)Nc1ccccc1C(F)(F)F. The van der Waals surface area contributed by atoms with E-state index >= 15 is 0 Å². The average molecular weight is 398 g/mol. The Bertz CT molecular complexity index is 751. The number of nitrogens with zero attached hydrogens (tertiary/aromatic N) is 3. The minimum absolute atomic E-state index is 0.0806. The maximum absolute atomic E-state index is 13.0. The van der Waals surface area contributed by atoms with Crippen LogP contribution in [0.3, 0.4) is 0 Å². The molecule has 27 heavy (non-hydrogen) atoms. The summed E-state index contributed by atoms with van der Waals surface area (Å²) in [5, 5.41) is 5.42. The van der Waals surface area contributed by atoms with Crippen LogP contribution in [0.5, 0.6) is 0 Å². The van der Waals surface area contributed by atoms with Gasteiger partial charge in [0, 0.05) is 24.7 Å². The van der Waals surface area contributed by atoms with Crippen molar-refractivity contribution in [2.75, 3.05) is 38.0 Å². The Morgan fingerprint density at radius 2 is 1.89 bits per heavy atom. The van der Waals surface area contributed by atoms with Crippen LogP contribution in [-0.2, 0) is 17.5 Å². The van der Waals surface area contributed by atoms with Crippen LogP contribution in [-0.4, -0.2) is 53.4 Å². The lowest BCUT2D eigenvalue weighted by Gasteiger charge is -2.21. The fraction of sp³-hybridized carbons (Fsp3) is 0.444. The molecule has 1 amide bonds. The Morgan fingerprint density at radius 3 is 2.63 bits per heavy atom. The molecule has 1 aromatic heterocycles. The highest BCUT2D eigenvalue weighted by atomic mass is 32.1. The van der Waals surface area contributed by atoms with Crippen molar-refractivity contribution in [3.8, 4) is 0 Å². The monoisotopic (exact) mass is 398 g/mol. The quantitative estimate of drug-likeness (QED) is 0.840. The van der Waals surface area contributed by atoms with E-state index in [0.717, 1.165) is 43.7 Å². The summed E-state index contributed by atoms with van der Waals surface area (Å²) in [7, 11) is 0. The van der Waals surface area contributed by atoms with Crippen molar-refractivity contribution in [1.82, 2.24) is 14.8 Å². The first-order valence-electron chi connectivity index (χ1n) is 8.71. The number of aromatic nitrogens is 1. The molecule has 0 bridgehead atoms. The lowest BCUT2D eigenvalue weighted by molar-refractivity contribution is -0.137. The largest absolute Gasteiger partial charge is 0.418 e. The van der Waals surface area contributed by atoms with Crippen LogP contribution in [0.2, 0.25) is 0 Å². The first kappa shape index (κ1) is 19.8. The van der Waals surface area contributed by atoms with E-state index in [-0.39, 0.29) is 12.2 Å². The molecule has 0 saturated carbocycles. The average Bonchev–Trinajstić information content (AvgIpc) is 3.02. The third kappa shape index (κ3) is 5.75. The Labute approximate surface area is 159 Å². The van der Waals surface area contributed by atoms with Crippen molar-refractivity contribution in [2.24, 2.45) is 0 Å². The molecule has 1 aliphatic rings. The summed E-state index contributed by atoms with van der Waals surface area (Å²) in [6.07, 6.45) is -1.81. The number of amides is 1. The molecule has 1 aromatic carbocycles. The van der Waals surface area contributed by atoms with Crippen molar-refractivity contribution in [1.29, 1.82) is 0 Å². The van der Waals surface area contributed by atoms with Crippen LogP contribution in [0.1, 0.15) is 17.0 Å². The van der Waals surface area contributed by atoms with Crippen molar-refractivity contribution in [2.45, 2.75) is 19.1 Å². The van der Waals surface area contributed by atoms with Gasteiger partial charge in [0.05, 0.1) is 24.3 Å². The van der Waals surface area contributed by atoms with Gasteiger partial charge in [0.2, 0.25) is 5.91 Å². The van der Waals surface area contributed by atoms with Crippen molar-refractivity contribution >= 4 is 22.9 Å². The molecular weight excluding hydrogens is 377 g/mol. The molecule has 1 fully saturated rings. The molecule has 9 heteroatoms. The molecule has 1 saturated heterocycles. The molecule has 5 nitrogen and oxygen atoms in total. The van der Waals surface area contributed by atoms with Crippen LogP contribution in [0.15, 0.2) is 35.8 Å². The van der Waals surface area contributed by atoms with Gasteiger partial charge in [-0.3, -0.25) is 14.6 Å². The Balaban J connectivity index is 1.53. The van der Waals surface area contributed by atoms with Gasteiger partial charge < -0.3 is 5.32 Å². The van der Waals surface area contributed by atoms with Crippen molar-refractivity contribution in [3.05, 3.63) is 46.4 Å². The molecule has 3 rings (SSSR count). The summed E-state index contributed by atoms with van der Waals surface area (Å²) in [6, 6.07) is 5.04. The number of rotatable bonds is 5. The zero-order valence-electron chi connectivity index (χ0n) is 14.7. The highest BCUT2D eigenvalue weighted by molar-refractivity contribution is 7.09. The first-order chi connectivity index (χ1) is 12.9. The number of hydrogen-bond donors (Lipinski definition) is 1. The van der Waals surface area contributed by atoms with E-state index < -0.39 is 17.6 Å². The lowest BCUT2D eigenvalue weighted by atomic mass is 10.1. The molecule has 2 aromatic rings. The Kier molecular flexibility index (Phi) is 6.46. The van der Waals surface area contributed by atoms with E-state index in [2.05, 4.69) is 15.2 Å². The van der Waals surface area contributed by atoms with Gasteiger partial charge in [-0.25, -0.2) is 4.98 Å². The zero-order valence-corrected chi connectivity index (χ0v) is 15.5. The number of nitrogens with one attached hydrogen (secondary N) is 1. The summed E-state index contributed by atoms with van der Waals surface area (Å²) in [5.74, 6) is -0.430. The minimum Gasteiger partial charge on any atom is -0.324 e. The smallest absolute Gasteiger partial charge is 0.324 e. The molecule has 0 atom stereocenters. The van der Waals surface area contributed by atoms with Crippen LogP contribution < -0.4 is 5.32 Å². The number of thiazole rings is 1. The summed E-state index contributed by atoms with van der Waals surface area (Å²) < 4.78 is 39.1. The molecule has 0 aliphatic carbocycles. The molecule has 146 valence electrons. The molecular formula is C18H21F3N4OS. The van der Waals surface area contributed by atoms with Gasteiger partial charge in [-0.15, -0.1) is 11.3 Å². The molecule has 1 N–H and O–H groups in total. The number of carbonyl (C=O) groups is 1. The highest BCUT2D eigenvalue weighted by Crippen LogP contribution is 2.34. The van der Waals surface area contributed by atoms with Crippen LogP contribution >= 0.6 is 11.3 Å². The van der Waals surface area contributed by atoms with E-state index in [1.807, 2.05) is 10.3 Å². The van der Waals surface area contributed by atoms with Crippen LogP contribution in [0.25, 0.3) is 0 Å². The summed E-state index contributed by atoms with van der Waals surface area (Å²) in [5.41, 5.74) is -1.03. The normalized spacial score (nSPS) is 16.9. The second kappa shape index (κ2) is 8.81. The maximum atomic E-state index is 13.0. The van der Waals surface area contributed by atoms with E-state index in [1.165, 1.54) is 18.2 Å². The second-order valence-corrected chi connectivity index (χ2v) is 7.40. The predicted octanol–water partition coefficient (Wildman–Crippen LogP) is 3.31. The molecule has 0 radical (unpaired) electrons.